The van der Waals surface area contributed by atoms with Crippen molar-refractivity contribution in [1.29, 1.82) is 0 Å². The maximum atomic E-state index is 10.4. The fourth-order valence-electron chi connectivity index (χ4n) is 1.20. The van der Waals surface area contributed by atoms with Crippen molar-refractivity contribution in [3.63, 3.8) is 0 Å². The van der Waals surface area contributed by atoms with Crippen LogP contribution in [-0.4, -0.2) is 17.6 Å². The number of halogens is 1. The fourth-order valence-corrected chi connectivity index (χ4v) is 1.88. The van der Waals surface area contributed by atoms with Gasteiger partial charge in [-0.1, -0.05) is 11.6 Å². The molecule has 0 heterocycles. The number of hydrogen-bond donors (Lipinski definition) is 2. The molecule has 5 heteroatoms. The van der Waals surface area contributed by atoms with E-state index in [1.165, 1.54) is 0 Å². The molecule has 1 unspecified atom stereocenters. The summed E-state index contributed by atoms with van der Waals surface area (Å²) in [6, 6.07) is 7.49. The molecule has 0 aliphatic carbocycles. The Kier molecular flexibility index (Phi) is 5.77. The van der Waals surface area contributed by atoms with Crippen molar-refractivity contribution in [2.75, 3.05) is 18.0 Å². The smallest absolute Gasteiger partial charge is 0.189 e. The summed E-state index contributed by atoms with van der Waals surface area (Å²) in [7, 11) is -2.28. The van der Waals surface area contributed by atoms with Crippen molar-refractivity contribution in [2.24, 2.45) is 0 Å². The predicted octanol–water partition coefficient (Wildman–Crippen LogP) is 3.00. The molecule has 1 aromatic carbocycles. The van der Waals surface area contributed by atoms with Gasteiger partial charge in [0.25, 0.3) is 0 Å². The maximum absolute atomic E-state index is 10.4. The highest BCUT2D eigenvalue weighted by Crippen LogP contribution is 2.16. The molecule has 2 N–H and O–H groups in total. The van der Waals surface area contributed by atoms with Gasteiger partial charge in [-0.25, -0.2) is 0 Å². The summed E-state index contributed by atoms with van der Waals surface area (Å²) in [5, 5.41) is 3.94. The molecular formula is C10H15ClNO2P. The molecule has 0 aliphatic heterocycles. The minimum atomic E-state index is -2.28. The molecule has 1 aromatic rings. The third kappa shape index (κ3) is 5.83. The highest BCUT2D eigenvalue weighted by molar-refractivity contribution is 7.37. The van der Waals surface area contributed by atoms with Gasteiger partial charge in [-0.2, -0.15) is 0 Å². The van der Waals surface area contributed by atoms with Crippen LogP contribution in [0.15, 0.2) is 24.3 Å². The summed E-state index contributed by atoms with van der Waals surface area (Å²) >= 11 is 5.74. The molecule has 0 amide bonds. The van der Waals surface area contributed by atoms with Gasteiger partial charge in [-0.15, -0.1) is 0 Å². The first-order valence-electron chi connectivity index (χ1n) is 4.90. The van der Waals surface area contributed by atoms with Crippen molar-refractivity contribution >= 4 is 25.3 Å². The lowest BCUT2D eigenvalue weighted by Gasteiger charge is -2.05. The van der Waals surface area contributed by atoms with Gasteiger partial charge in [0.1, 0.15) is 0 Å². The first-order valence-corrected chi connectivity index (χ1v) is 6.84. The Morgan fingerprint density at radius 1 is 1.27 bits per heavy atom. The lowest BCUT2D eigenvalue weighted by molar-refractivity contribution is 0.500. The quantitative estimate of drug-likeness (QED) is 0.600. The molecule has 0 aromatic heterocycles. The van der Waals surface area contributed by atoms with E-state index in [4.69, 9.17) is 16.5 Å². The second-order valence-electron chi connectivity index (χ2n) is 3.28. The van der Waals surface area contributed by atoms with E-state index in [-0.39, 0.29) is 0 Å². The Hall–Kier alpha value is -0.500. The van der Waals surface area contributed by atoms with Crippen molar-refractivity contribution in [3.8, 4) is 0 Å². The van der Waals surface area contributed by atoms with E-state index in [2.05, 4.69) is 5.32 Å². The summed E-state index contributed by atoms with van der Waals surface area (Å²) in [4.78, 5) is 8.61. The van der Waals surface area contributed by atoms with Crippen LogP contribution >= 0.6 is 19.6 Å². The van der Waals surface area contributed by atoms with Gasteiger partial charge in [0.05, 0.1) is 0 Å². The van der Waals surface area contributed by atoms with E-state index < -0.39 is 8.03 Å². The van der Waals surface area contributed by atoms with Crippen LogP contribution in [0.1, 0.15) is 12.8 Å². The molecule has 1 atom stereocenters. The zero-order chi connectivity index (χ0) is 11.1. The van der Waals surface area contributed by atoms with Crippen molar-refractivity contribution < 1.29 is 9.46 Å². The number of anilines is 1. The molecule has 0 bridgehead atoms. The zero-order valence-corrected chi connectivity index (χ0v) is 10.1. The van der Waals surface area contributed by atoms with Gasteiger partial charge in [0.15, 0.2) is 8.03 Å². The lowest BCUT2D eigenvalue weighted by atomic mass is 10.3. The highest BCUT2D eigenvalue weighted by Gasteiger charge is 1.94. The van der Waals surface area contributed by atoms with Gasteiger partial charge in [0.2, 0.25) is 0 Å². The summed E-state index contributed by atoms with van der Waals surface area (Å²) < 4.78 is 10.4. The van der Waals surface area contributed by atoms with E-state index >= 15 is 0 Å². The van der Waals surface area contributed by atoms with E-state index in [1.54, 1.807) is 0 Å². The number of unbranched alkanes of at least 4 members (excludes halogenated alkanes) is 1. The van der Waals surface area contributed by atoms with Crippen LogP contribution in [0.2, 0.25) is 5.02 Å². The van der Waals surface area contributed by atoms with E-state index in [0.29, 0.717) is 6.16 Å². The normalized spacial score (nSPS) is 12.4. The molecule has 0 saturated heterocycles. The number of hydrogen-bond acceptors (Lipinski definition) is 2. The van der Waals surface area contributed by atoms with Crippen LogP contribution in [-0.2, 0) is 4.57 Å². The Morgan fingerprint density at radius 2 is 1.93 bits per heavy atom. The number of benzene rings is 1. The lowest BCUT2D eigenvalue weighted by Crippen LogP contribution is -2.01. The van der Waals surface area contributed by atoms with Crippen LogP contribution in [0.25, 0.3) is 0 Å². The second kappa shape index (κ2) is 6.89. The minimum absolute atomic E-state index is 0.424. The largest absolute Gasteiger partial charge is 0.385 e. The summed E-state index contributed by atoms with van der Waals surface area (Å²) in [6.45, 7) is 0.816. The molecule has 84 valence electrons. The topological polar surface area (TPSA) is 49.3 Å². The Morgan fingerprint density at radius 3 is 2.53 bits per heavy atom. The molecule has 3 nitrogen and oxygen atoms in total. The first-order chi connectivity index (χ1) is 7.18. The van der Waals surface area contributed by atoms with Crippen molar-refractivity contribution in [1.82, 2.24) is 0 Å². The summed E-state index contributed by atoms with van der Waals surface area (Å²) in [5.41, 5.74) is 1.02. The SMILES string of the molecule is O=[PH](O)CCCCNc1ccc(Cl)cc1. The first kappa shape index (κ1) is 12.6. The van der Waals surface area contributed by atoms with Gasteiger partial charge in [0, 0.05) is 23.4 Å². The number of rotatable bonds is 6. The number of nitrogens with one attached hydrogen (secondary N) is 1. The summed E-state index contributed by atoms with van der Waals surface area (Å²) in [6.07, 6.45) is 2.11. The van der Waals surface area contributed by atoms with Crippen LogP contribution in [0.5, 0.6) is 0 Å². The molecule has 1 rings (SSSR count). The molecule has 0 saturated carbocycles. The van der Waals surface area contributed by atoms with Gasteiger partial charge in [-0.3, -0.25) is 4.57 Å². The van der Waals surface area contributed by atoms with Crippen molar-refractivity contribution in [3.05, 3.63) is 29.3 Å². The van der Waals surface area contributed by atoms with Gasteiger partial charge >= 0.3 is 0 Å². The summed E-state index contributed by atoms with van der Waals surface area (Å²) in [5.74, 6) is 0. The van der Waals surface area contributed by atoms with Crippen LogP contribution in [0.3, 0.4) is 0 Å². The standard InChI is InChI=1S/C10H15ClNO2P/c11-9-3-5-10(6-4-9)12-7-1-2-8-15(13)14/h3-6,12,15H,1-2,7-8H2,(H,13,14). The second-order valence-corrected chi connectivity index (χ2v) is 5.01. The zero-order valence-electron chi connectivity index (χ0n) is 8.37. The van der Waals surface area contributed by atoms with E-state index in [9.17, 15) is 4.57 Å². The fraction of sp³-hybridized carbons (Fsp3) is 0.400. The Balaban J connectivity index is 2.15. The molecule has 0 spiro atoms. The highest BCUT2D eigenvalue weighted by atomic mass is 35.5. The van der Waals surface area contributed by atoms with Crippen LogP contribution in [0, 0.1) is 0 Å². The monoisotopic (exact) mass is 247 g/mol. The molecule has 0 fully saturated rings. The van der Waals surface area contributed by atoms with E-state index in [1.807, 2.05) is 24.3 Å². The molecular weight excluding hydrogens is 233 g/mol. The Labute approximate surface area is 95.3 Å². The Bertz CT molecular complexity index is 316. The van der Waals surface area contributed by atoms with Crippen LogP contribution in [0.4, 0.5) is 5.69 Å². The third-order valence-electron chi connectivity index (χ3n) is 1.99. The van der Waals surface area contributed by atoms with Gasteiger partial charge in [-0.05, 0) is 37.1 Å². The maximum Gasteiger partial charge on any atom is 0.189 e. The molecule has 0 radical (unpaired) electrons. The van der Waals surface area contributed by atoms with E-state index in [0.717, 1.165) is 30.1 Å². The molecule has 15 heavy (non-hydrogen) atoms. The average molecular weight is 248 g/mol. The van der Waals surface area contributed by atoms with Gasteiger partial charge < -0.3 is 10.2 Å². The average Bonchev–Trinajstić information content (AvgIpc) is 2.20. The van der Waals surface area contributed by atoms with Crippen LogP contribution < -0.4 is 5.32 Å². The van der Waals surface area contributed by atoms with Crippen molar-refractivity contribution in [2.45, 2.75) is 12.8 Å². The molecule has 0 aliphatic rings. The predicted molar refractivity (Wildman–Crippen MR) is 65.3 cm³/mol. The third-order valence-corrected chi connectivity index (χ3v) is 3.02. The minimum Gasteiger partial charge on any atom is -0.385 e.